The summed E-state index contributed by atoms with van der Waals surface area (Å²) in [5.74, 6) is 0.0252. The normalized spacial score (nSPS) is 19.3. The average Bonchev–Trinajstić information content (AvgIpc) is 2.95. The fourth-order valence-electron chi connectivity index (χ4n) is 2.49. The summed E-state index contributed by atoms with van der Waals surface area (Å²) in [4.78, 5) is 22.8. The van der Waals surface area contributed by atoms with E-state index in [0.29, 0.717) is 23.2 Å². The second-order valence-electron chi connectivity index (χ2n) is 5.07. The van der Waals surface area contributed by atoms with E-state index in [1.807, 2.05) is 24.4 Å². The van der Waals surface area contributed by atoms with Gasteiger partial charge in [0.25, 0.3) is 0 Å². The molecule has 110 valence electrons. The molecule has 3 rings (SSSR count). The molecule has 1 aromatic carbocycles. The molecule has 1 fully saturated rings. The average molecular weight is 303 g/mol. The number of aromatic nitrogens is 1. The number of anilines is 1. The number of nitrogens with zero attached hydrogens (tertiary/aromatic N) is 2. The van der Waals surface area contributed by atoms with Crippen molar-refractivity contribution in [2.45, 2.75) is 18.8 Å². The molecular weight excluding hydrogens is 286 g/mol. The Labute approximate surface area is 127 Å². The molecule has 1 aliphatic rings. The van der Waals surface area contributed by atoms with Gasteiger partial charge in [-0.3, -0.25) is 0 Å². The highest BCUT2D eigenvalue weighted by atomic mass is 32.1. The summed E-state index contributed by atoms with van der Waals surface area (Å²) < 4.78 is 0. The van der Waals surface area contributed by atoms with Gasteiger partial charge in [0.15, 0.2) is 5.13 Å². The van der Waals surface area contributed by atoms with Crippen LogP contribution in [0.4, 0.5) is 5.13 Å². The van der Waals surface area contributed by atoms with Crippen LogP contribution in [0.15, 0.2) is 36.5 Å². The summed E-state index contributed by atoms with van der Waals surface area (Å²) in [7, 11) is 0. The maximum Gasteiger partial charge on any atom is 0.357 e. The van der Waals surface area contributed by atoms with Gasteiger partial charge >= 0.3 is 5.97 Å². The predicted octanol–water partition coefficient (Wildman–Crippen LogP) is 2.68. The number of thiazole rings is 1. The van der Waals surface area contributed by atoms with Gasteiger partial charge < -0.3 is 10.6 Å². The maximum absolute atomic E-state index is 12.1. The van der Waals surface area contributed by atoms with E-state index in [1.165, 1.54) is 11.3 Å². The predicted molar refractivity (Wildman–Crippen MR) is 81.9 cm³/mol. The number of carbonyl (C=O) groups is 1. The van der Waals surface area contributed by atoms with Gasteiger partial charge in [0.1, 0.15) is 0 Å². The van der Waals surface area contributed by atoms with Crippen molar-refractivity contribution in [2.75, 3.05) is 18.8 Å². The standard InChI is InChI=1S/C15H17N3O2S/c16-15-17-9-13(21-15)12-7-4-8-18(10-12)20-14(19)11-5-2-1-3-6-11/h1-3,5-6,9,12H,4,7-8,10H2,(H2,16,17). The van der Waals surface area contributed by atoms with E-state index in [2.05, 4.69) is 4.98 Å². The second kappa shape index (κ2) is 6.24. The smallest absolute Gasteiger partial charge is 0.357 e. The Balaban J connectivity index is 1.63. The molecule has 1 aliphatic heterocycles. The highest BCUT2D eigenvalue weighted by molar-refractivity contribution is 7.15. The number of hydrogen-bond donors (Lipinski definition) is 1. The molecule has 6 heteroatoms. The van der Waals surface area contributed by atoms with E-state index in [-0.39, 0.29) is 5.97 Å². The first kappa shape index (κ1) is 14.0. The first-order valence-corrected chi connectivity index (χ1v) is 7.77. The lowest BCUT2D eigenvalue weighted by atomic mass is 9.98. The molecule has 0 saturated carbocycles. The van der Waals surface area contributed by atoms with Gasteiger partial charge in [-0.15, -0.1) is 16.4 Å². The first-order valence-electron chi connectivity index (χ1n) is 6.96. The van der Waals surface area contributed by atoms with Crippen molar-refractivity contribution in [3.8, 4) is 0 Å². The zero-order valence-corrected chi connectivity index (χ0v) is 12.4. The zero-order valence-electron chi connectivity index (χ0n) is 11.6. The molecule has 0 spiro atoms. The quantitative estimate of drug-likeness (QED) is 0.944. The van der Waals surface area contributed by atoms with E-state index in [9.17, 15) is 4.79 Å². The number of piperidine rings is 1. The minimum absolute atomic E-state index is 0.305. The van der Waals surface area contributed by atoms with Crippen molar-refractivity contribution >= 4 is 22.4 Å². The Morgan fingerprint density at radius 3 is 2.90 bits per heavy atom. The Hall–Kier alpha value is -1.92. The maximum atomic E-state index is 12.1. The van der Waals surface area contributed by atoms with Crippen LogP contribution in [0, 0.1) is 0 Å². The summed E-state index contributed by atoms with van der Waals surface area (Å²) in [6, 6.07) is 9.05. The number of benzene rings is 1. The van der Waals surface area contributed by atoms with Gasteiger partial charge in [0, 0.05) is 30.1 Å². The fourth-order valence-corrected chi connectivity index (χ4v) is 3.30. The summed E-state index contributed by atoms with van der Waals surface area (Å²) in [5.41, 5.74) is 6.26. The van der Waals surface area contributed by atoms with E-state index in [4.69, 9.17) is 10.6 Å². The summed E-state index contributed by atoms with van der Waals surface area (Å²) in [5, 5.41) is 2.34. The molecular formula is C15H17N3O2S. The van der Waals surface area contributed by atoms with Gasteiger partial charge in [-0.25, -0.2) is 9.78 Å². The van der Waals surface area contributed by atoms with Crippen molar-refractivity contribution < 1.29 is 9.63 Å². The Bertz CT molecular complexity index is 614. The van der Waals surface area contributed by atoms with Crippen LogP contribution >= 0.6 is 11.3 Å². The summed E-state index contributed by atoms with van der Waals surface area (Å²) >= 11 is 1.51. The van der Waals surface area contributed by atoms with Gasteiger partial charge in [-0.1, -0.05) is 18.2 Å². The van der Waals surface area contributed by atoms with Crippen LogP contribution in [0.2, 0.25) is 0 Å². The first-order chi connectivity index (χ1) is 10.2. The third-order valence-corrected chi connectivity index (χ3v) is 4.54. The van der Waals surface area contributed by atoms with Gasteiger partial charge in [-0.05, 0) is 25.0 Å². The lowest BCUT2D eigenvalue weighted by Crippen LogP contribution is -2.36. The lowest BCUT2D eigenvalue weighted by molar-refractivity contribution is -0.123. The lowest BCUT2D eigenvalue weighted by Gasteiger charge is -2.30. The topological polar surface area (TPSA) is 68.4 Å². The van der Waals surface area contributed by atoms with Gasteiger partial charge in [0.2, 0.25) is 0 Å². The van der Waals surface area contributed by atoms with Crippen LogP contribution in [0.5, 0.6) is 0 Å². The molecule has 2 N–H and O–H groups in total. The molecule has 0 bridgehead atoms. The summed E-state index contributed by atoms with van der Waals surface area (Å²) in [6.45, 7) is 1.46. The molecule has 1 aromatic heterocycles. The van der Waals surface area contributed by atoms with Crippen LogP contribution in [-0.2, 0) is 4.84 Å². The molecule has 1 atom stereocenters. The molecule has 0 aliphatic carbocycles. The molecule has 0 radical (unpaired) electrons. The van der Waals surface area contributed by atoms with E-state index >= 15 is 0 Å². The molecule has 1 unspecified atom stereocenters. The van der Waals surface area contributed by atoms with Crippen LogP contribution in [-0.4, -0.2) is 29.1 Å². The van der Waals surface area contributed by atoms with Crippen molar-refractivity contribution in [2.24, 2.45) is 0 Å². The highest BCUT2D eigenvalue weighted by Crippen LogP contribution is 2.31. The monoisotopic (exact) mass is 303 g/mol. The number of nitrogen functional groups attached to an aromatic ring is 1. The molecule has 5 nitrogen and oxygen atoms in total. The minimum atomic E-state index is -0.305. The van der Waals surface area contributed by atoms with Crippen molar-refractivity contribution in [3.05, 3.63) is 47.0 Å². The second-order valence-corrected chi connectivity index (χ2v) is 6.17. The Kier molecular flexibility index (Phi) is 4.17. The van der Waals surface area contributed by atoms with Gasteiger partial charge in [0.05, 0.1) is 5.56 Å². The van der Waals surface area contributed by atoms with Crippen molar-refractivity contribution in [1.82, 2.24) is 10.0 Å². The van der Waals surface area contributed by atoms with E-state index in [0.717, 1.165) is 24.3 Å². The van der Waals surface area contributed by atoms with Crippen LogP contribution in [0.1, 0.15) is 34.0 Å². The molecule has 0 amide bonds. The molecule has 21 heavy (non-hydrogen) atoms. The van der Waals surface area contributed by atoms with E-state index in [1.54, 1.807) is 17.2 Å². The largest absolute Gasteiger partial charge is 0.375 e. The summed E-state index contributed by atoms with van der Waals surface area (Å²) in [6.07, 6.45) is 3.89. The van der Waals surface area contributed by atoms with E-state index < -0.39 is 0 Å². The number of hydroxylamine groups is 2. The van der Waals surface area contributed by atoms with Crippen LogP contribution in [0.3, 0.4) is 0 Å². The van der Waals surface area contributed by atoms with Crippen LogP contribution in [0.25, 0.3) is 0 Å². The van der Waals surface area contributed by atoms with Gasteiger partial charge in [-0.2, -0.15) is 0 Å². The number of carbonyl (C=O) groups excluding carboxylic acids is 1. The van der Waals surface area contributed by atoms with Crippen LogP contribution < -0.4 is 5.73 Å². The third kappa shape index (κ3) is 3.40. The van der Waals surface area contributed by atoms with Crippen molar-refractivity contribution in [3.63, 3.8) is 0 Å². The molecule has 2 aromatic rings. The molecule has 1 saturated heterocycles. The molecule has 2 heterocycles. The Morgan fingerprint density at radius 2 is 2.19 bits per heavy atom. The number of rotatable bonds is 3. The number of nitrogens with two attached hydrogens (primary N) is 1. The Morgan fingerprint density at radius 1 is 1.38 bits per heavy atom. The van der Waals surface area contributed by atoms with Crippen molar-refractivity contribution in [1.29, 1.82) is 0 Å². The highest BCUT2D eigenvalue weighted by Gasteiger charge is 2.25. The number of hydrogen-bond acceptors (Lipinski definition) is 6. The zero-order chi connectivity index (χ0) is 14.7. The minimum Gasteiger partial charge on any atom is -0.375 e. The SMILES string of the molecule is Nc1ncc(C2CCCN(OC(=O)c3ccccc3)C2)s1. The third-order valence-electron chi connectivity index (χ3n) is 3.55. The fraction of sp³-hybridized carbons (Fsp3) is 0.333.